The van der Waals surface area contributed by atoms with Gasteiger partial charge in [-0.2, -0.15) is 0 Å². The molecule has 0 fully saturated rings. The minimum absolute atomic E-state index is 0.311. The molecule has 1 nitrogen and oxygen atoms in total. The van der Waals surface area contributed by atoms with E-state index in [9.17, 15) is 0 Å². The lowest BCUT2D eigenvalue weighted by Crippen LogP contribution is -2.20. The average Bonchev–Trinajstić information content (AvgIpc) is 2.11. The molecule has 0 aromatic heterocycles. The third-order valence-electron chi connectivity index (χ3n) is 3.12. The van der Waals surface area contributed by atoms with Crippen molar-refractivity contribution >= 4 is 0 Å². The van der Waals surface area contributed by atoms with Gasteiger partial charge in [0.05, 0.1) is 0 Å². The van der Waals surface area contributed by atoms with Gasteiger partial charge in [0.25, 0.3) is 0 Å². The van der Waals surface area contributed by atoms with Gasteiger partial charge in [-0.15, -0.1) is 0 Å². The smallest absolute Gasteiger partial charge is 0.00721 e. The third kappa shape index (κ3) is 3.35. The average molecular weight is 205 g/mol. The largest absolute Gasteiger partial charge is 0.330 e. The molecular formula is C14H23N. The Labute approximate surface area is 93.7 Å². The number of nitrogens with two attached hydrogens (primary N) is 1. The van der Waals surface area contributed by atoms with Crippen LogP contribution in [-0.4, -0.2) is 6.54 Å². The molecule has 0 spiro atoms. The molecule has 1 aromatic carbocycles. The highest BCUT2D eigenvalue weighted by Gasteiger charge is 2.19. The van der Waals surface area contributed by atoms with Crippen LogP contribution in [0.15, 0.2) is 18.2 Å². The fourth-order valence-electron chi connectivity index (χ4n) is 2.09. The van der Waals surface area contributed by atoms with Gasteiger partial charge < -0.3 is 5.73 Å². The normalized spacial score (nSPS) is 11.8. The van der Waals surface area contributed by atoms with E-state index >= 15 is 0 Å². The summed E-state index contributed by atoms with van der Waals surface area (Å²) in [7, 11) is 0. The number of benzene rings is 1. The summed E-state index contributed by atoms with van der Waals surface area (Å²) in [5, 5.41) is 0. The van der Waals surface area contributed by atoms with Gasteiger partial charge in [0.1, 0.15) is 0 Å². The van der Waals surface area contributed by atoms with Crippen LogP contribution >= 0.6 is 0 Å². The first-order valence-electron chi connectivity index (χ1n) is 5.71. The number of rotatable bonds is 4. The van der Waals surface area contributed by atoms with E-state index in [0.717, 1.165) is 19.4 Å². The summed E-state index contributed by atoms with van der Waals surface area (Å²) >= 11 is 0. The van der Waals surface area contributed by atoms with Crippen LogP contribution in [0.25, 0.3) is 0 Å². The maximum Gasteiger partial charge on any atom is -0.00721 e. The van der Waals surface area contributed by atoms with Crippen molar-refractivity contribution in [1.82, 2.24) is 0 Å². The Morgan fingerprint density at radius 2 is 1.67 bits per heavy atom. The molecule has 0 atom stereocenters. The van der Waals surface area contributed by atoms with Crippen LogP contribution in [-0.2, 0) is 6.42 Å². The molecule has 0 saturated heterocycles. The van der Waals surface area contributed by atoms with Crippen LogP contribution < -0.4 is 5.73 Å². The van der Waals surface area contributed by atoms with Crippen molar-refractivity contribution < 1.29 is 0 Å². The number of aryl methyl sites for hydroxylation is 2. The highest BCUT2D eigenvalue weighted by atomic mass is 14.5. The van der Waals surface area contributed by atoms with E-state index < -0.39 is 0 Å². The summed E-state index contributed by atoms with van der Waals surface area (Å²) in [4.78, 5) is 0. The zero-order valence-electron chi connectivity index (χ0n) is 10.4. The maximum atomic E-state index is 5.64. The molecule has 0 aliphatic heterocycles. The van der Waals surface area contributed by atoms with Crippen molar-refractivity contribution in [2.75, 3.05) is 6.54 Å². The fraction of sp³-hybridized carbons (Fsp3) is 0.571. The van der Waals surface area contributed by atoms with Crippen LogP contribution in [0.4, 0.5) is 0 Å². The van der Waals surface area contributed by atoms with Gasteiger partial charge in [-0.05, 0) is 55.3 Å². The first-order chi connectivity index (χ1) is 6.96. The van der Waals surface area contributed by atoms with Gasteiger partial charge in [0.2, 0.25) is 0 Å². The summed E-state index contributed by atoms with van der Waals surface area (Å²) in [6, 6.07) is 6.52. The molecule has 0 aliphatic rings. The SMILES string of the molecule is Cc1cccc(C)c1CC(C)(C)CCN. The second-order valence-electron chi connectivity index (χ2n) is 5.25. The minimum atomic E-state index is 0.311. The number of hydrogen-bond donors (Lipinski definition) is 1. The molecule has 2 N–H and O–H groups in total. The number of hydrogen-bond acceptors (Lipinski definition) is 1. The zero-order valence-corrected chi connectivity index (χ0v) is 10.4. The molecule has 1 heteroatoms. The van der Waals surface area contributed by atoms with Gasteiger partial charge in [-0.1, -0.05) is 32.0 Å². The van der Waals surface area contributed by atoms with Crippen molar-refractivity contribution in [3.8, 4) is 0 Å². The molecule has 0 bridgehead atoms. The summed E-state index contributed by atoms with van der Waals surface area (Å²) in [6.07, 6.45) is 2.21. The second kappa shape index (κ2) is 4.80. The Bertz CT molecular complexity index is 306. The van der Waals surface area contributed by atoms with Gasteiger partial charge in [0.15, 0.2) is 0 Å². The van der Waals surface area contributed by atoms with Crippen molar-refractivity contribution in [3.05, 3.63) is 34.9 Å². The van der Waals surface area contributed by atoms with Crippen LogP contribution in [0.3, 0.4) is 0 Å². The van der Waals surface area contributed by atoms with Gasteiger partial charge in [-0.25, -0.2) is 0 Å². The molecule has 1 rings (SSSR count). The lowest BCUT2D eigenvalue weighted by atomic mass is 9.80. The van der Waals surface area contributed by atoms with Crippen LogP contribution in [0.5, 0.6) is 0 Å². The summed E-state index contributed by atoms with van der Waals surface area (Å²) in [5.74, 6) is 0. The summed E-state index contributed by atoms with van der Waals surface area (Å²) < 4.78 is 0. The first kappa shape index (κ1) is 12.3. The molecule has 0 amide bonds. The Morgan fingerprint density at radius 3 is 2.13 bits per heavy atom. The predicted octanol–water partition coefficient (Wildman–Crippen LogP) is 3.22. The Balaban J connectivity index is 2.89. The molecule has 0 aliphatic carbocycles. The standard InChI is InChI=1S/C14H23N/c1-11-6-5-7-12(2)13(11)10-14(3,4)8-9-15/h5-7H,8-10,15H2,1-4H3. The molecule has 0 radical (unpaired) electrons. The van der Waals surface area contributed by atoms with E-state index in [2.05, 4.69) is 45.9 Å². The van der Waals surface area contributed by atoms with Gasteiger partial charge in [-0.3, -0.25) is 0 Å². The van der Waals surface area contributed by atoms with Crippen LogP contribution in [0, 0.1) is 19.3 Å². The van der Waals surface area contributed by atoms with E-state index in [0.29, 0.717) is 5.41 Å². The molecule has 0 saturated carbocycles. The summed E-state index contributed by atoms with van der Waals surface area (Å²) in [6.45, 7) is 9.76. The lowest BCUT2D eigenvalue weighted by molar-refractivity contribution is 0.337. The Morgan fingerprint density at radius 1 is 1.13 bits per heavy atom. The monoisotopic (exact) mass is 205 g/mol. The third-order valence-corrected chi connectivity index (χ3v) is 3.12. The highest BCUT2D eigenvalue weighted by Crippen LogP contribution is 2.28. The van der Waals surface area contributed by atoms with E-state index in [-0.39, 0.29) is 0 Å². The maximum absolute atomic E-state index is 5.64. The highest BCUT2D eigenvalue weighted by molar-refractivity contribution is 5.34. The van der Waals surface area contributed by atoms with Crippen LogP contribution in [0.1, 0.15) is 37.0 Å². The van der Waals surface area contributed by atoms with Crippen molar-refractivity contribution in [2.45, 2.75) is 40.5 Å². The summed E-state index contributed by atoms with van der Waals surface area (Å²) in [5.41, 5.74) is 10.3. The van der Waals surface area contributed by atoms with E-state index in [4.69, 9.17) is 5.73 Å². The fourth-order valence-corrected chi connectivity index (χ4v) is 2.09. The lowest BCUT2D eigenvalue weighted by Gasteiger charge is -2.26. The molecule has 84 valence electrons. The molecule has 0 heterocycles. The first-order valence-corrected chi connectivity index (χ1v) is 5.71. The molecule has 1 aromatic rings. The molecule has 0 unspecified atom stereocenters. The van der Waals surface area contributed by atoms with Crippen molar-refractivity contribution in [2.24, 2.45) is 11.1 Å². The Hall–Kier alpha value is -0.820. The topological polar surface area (TPSA) is 26.0 Å². The molecule has 15 heavy (non-hydrogen) atoms. The predicted molar refractivity (Wildman–Crippen MR) is 67.1 cm³/mol. The second-order valence-corrected chi connectivity index (χ2v) is 5.25. The van der Waals surface area contributed by atoms with Crippen LogP contribution in [0.2, 0.25) is 0 Å². The van der Waals surface area contributed by atoms with Crippen molar-refractivity contribution in [3.63, 3.8) is 0 Å². The van der Waals surface area contributed by atoms with Gasteiger partial charge in [0, 0.05) is 0 Å². The molecular weight excluding hydrogens is 182 g/mol. The quantitative estimate of drug-likeness (QED) is 0.802. The zero-order chi connectivity index (χ0) is 11.5. The van der Waals surface area contributed by atoms with E-state index in [1.54, 1.807) is 0 Å². The van der Waals surface area contributed by atoms with Gasteiger partial charge >= 0.3 is 0 Å². The van der Waals surface area contributed by atoms with E-state index in [1.807, 2.05) is 0 Å². The van der Waals surface area contributed by atoms with E-state index in [1.165, 1.54) is 16.7 Å². The Kier molecular flexibility index (Phi) is 3.92. The minimum Gasteiger partial charge on any atom is -0.330 e. The van der Waals surface area contributed by atoms with Crippen molar-refractivity contribution in [1.29, 1.82) is 0 Å².